The topological polar surface area (TPSA) is 51.0 Å². The summed E-state index contributed by atoms with van der Waals surface area (Å²) in [6.45, 7) is 5.19. The van der Waals surface area contributed by atoms with Crippen LogP contribution in [-0.2, 0) is 16.1 Å². The van der Waals surface area contributed by atoms with Crippen LogP contribution in [0.4, 0.5) is 0 Å². The Kier molecular flexibility index (Phi) is 4.80. The molecule has 1 aromatic carbocycles. The molecule has 1 aromatic rings. The highest BCUT2D eigenvalue weighted by atomic mass is 16.5. The van der Waals surface area contributed by atoms with E-state index in [1.54, 1.807) is 6.07 Å². The Balaban J connectivity index is 1.82. The number of nitrogens with one attached hydrogen (secondary N) is 1. The Morgan fingerprint density at radius 2 is 2.16 bits per heavy atom. The SMILES string of the molecule is CCOC(=O)C1CC[NH+](Cc2cccc(O)c2)CC1. The van der Waals surface area contributed by atoms with Gasteiger partial charge in [0.25, 0.3) is 0 Å². The first kappa shape index (κ1) is 13.9. The van der Waals surface area contributed by atoms with Crippen molar-refractivity contribution < 1.29 is 19.5 Å². The van der Waals surface area contributed by atoms with Crippen LogP contribution >= 0.6 is 0 Å². The zero-order valence-corrected chi connectivity index (χ0v) is 11.4. The first-order chi connectivity index (χ1) is 9.19. The van der Waals surface area contributed by atoms with Crippen molar-refractivity contribution in [2.24, 2.45) is 5.92 Å². The fourth-order valence-corrected chi connectivity index (χ4v) is 2.65. The van der Waals surface area contributed by atoms with Crippen molar-refractivity contribution in [2.45, 2.75) is 26.3 Å². The fourth-order valence-electron chi connectivity index (χ4n) is 2.65. The predicted octanol–water partition coefficient (Wildman–Crippen LogP) is 0.750. The molecule has 0 unspecified atom stereocenters. The van der Waals surface area contributed by atoms with Crippen LogP contribution in [0.3, 0.4) is 0 Å². The van der Waals surface area contributed by atoms with Gasteiger partial charge in [-0.15, -0.1) is 0 Å². The van der Waals surface area contributed by atoms with E-state index in [-0.39, 0.29) is 11.9 Å². The molecule has 104 valence electrons. The number of rotatable bonds is 4. The van der Waals surface area contributed by atoms with Gasteiger partial charge >= 0.3 is 5.97 Å². The molecule has 0 aromatic heterocycles. The summed E-state index contributed by atoms with van der Waals surface area (Å²) in [6.07, 6.45) is 1.79. The lowest BCUT2D eigenvalue weighted by Crippen LogP contribution is -3.11. The molecular weight excluding hydrogens is 242 g/mol. The van der Waals surface area contributed by atoms with Gasteiger partial charge in [0.05, 0.1) is 25.6 Å². The molecule has 0 spiro atoms. The number of hydrogen-bond donors (Lipinski definition) is 2. The summed E-state index contributed by atoms with van der Waals surface area (Å²) in [5.41, 5.74) is 1.14. The summed E-state index contributed by atoms with van der Waals surface area (Å²) in [6, 6.07) is 7.40. The predicted molar refractivity (Wildman–Crippen MR) is 71.9 cm³/mol. The van der Waals surface area contributed by atoms with Crippen LogP contribution in [0.2, 0.25) is 0 Å². The van der Waals surface area contributed by atoms with Gasteiger partial charge in [-0.1, -0.05) is 12.1 Å². The number of benzene rings is 1. The molecule has 0 amide bonds. The van der Waals surface area contributed by atoms with E-state index in [4.69, 9.17) is 4.74 Å². The molecule has 19 heavy (non-hydrogen) atoms. The lowest BCUT2D eigenvalue weighted by molar-refractivity contribution is -0.919. The zero-order valence-electron chi connectivity index (χ0n) is 11.4. The molecule has 1 fully saturated rings. The molecule has 1 aliphatic heterocycles. The van der Waals surface area contributed by atoms with Crippen LogP contribution in [0, 0.1) is 5.92 Å². The number of piperidine rings is 1. The summed E-state index contributed by atoms with van der Waals surface area (Å²) >= 11 is 0. The largest absolute Gasteiger partial charge is 0.508 e. The lowest BCUT2D eigenvalue weighted by Gasteiger charge is -2.28. The molecule has 1 saturated heterocycles. The molecule has 1 heterocycles. The second-order valence-corrected chi connectivity index (χ2v) is 5.12. The van der Waals surface area contributed by atoms with E-state index in [0.29, 0.717) is 12.4 Å². The normalized spacial score (nSPS) is 23.0. The molecule has 2 rings (SSSR count). The number of aromatic hydroxyl groups is 1. The molecule has 0 aliphatic carbocycles. The van der Waals surface area contributed by atoms with Gasteiger partial charge in [0, 0.05) is 18.4 Å². The highest BCUT2D eigenvalue weighted by Gasteiger charge is 2.28. The second kappa shape index (κ2) is 6.57. The summed E-state index contributed by atoms with van der Waals surface area (Å²) < 4.78 is 5.07. The van der Waals surface area contributed by atoms with Gasteiger partial charge in [0.15, 0.2) is 0 Å². The van der Waals surface area contributed by atoms with E-state index in [9.17, 15) is 9.90 Å². The van der Waals surface area contributed by atoms with Crippen molar-refractivity contribution in [1.82, 2.24) is 0 Å². The number of carbonyl (C=O) groups excluding carboxylic acids is 1. The van der Waals surface area contributed by atoms with E-state index in [0.717, 1.165) is 38.0 Å². The third kappa shape index (κ3) is 3.96. The van der Waals surface area contributed by atoms with Gasteiger partial charge in [-0.25, -0.2) is 0 Å². The molecule has 0 atom stereocenters. The molecule has 1 aliphatic rings. The minimum absolute atomic E-state index is 0.0427. The van der Waals surface area contributed by atoms with Crippen LogP contribution in [0.5, 0.6) is 5.75 Å². The van der Waals surface area contributed by atoms with Crippen molar-refractivity contribution in [3.63, 3.8) is 0 Å². The van der Waals surface area contributed by atoms with Crippen molar-refractivity contribution in [2.75, 3.05) is 19.7 Å². The number of likely N-dealkylation sites (tertiary alicyclic amines) is 1. The van der Waals surface area contributed by atoms with E-state index < -0.39 is 0 Å². The monoisotopic (exact) mass is 264 g/mol. The van der Waals surface area contributed by atoms with Crippen LogP contribution in [-0.4, -0.2) is 30.8 Å². The number of phenols is 1. The Hall–Kier alpha value is -1.55. The van der Waals surface area contributed by atoms with E-state index in [1.165, 1.54) is 4.90 Å². The Labute approximate surface area is 114 Å². The summed E-state index contributed by atoms with van der Waals surface area (Å²) in [4.78, 5) is 13.1. The summed E-state index contributed by atoms with van der Waals surface area (Å²) in [5, 5.41) is 9.45. The number of quaternary nitrogens is 1. The first-order valence-electron chi connectivity index (χ1n) is 6.97. The van der Waals surface area contributed by atoms with Gasteiger partial charge in [0.1, 0.15) is 12.3 Å². The van der Waals surface area contributed by atoms with Crippen LogP contribution in [0.1, 0.15) is 25.3 Å². The van der Waals surface area contributed by atoms with Crippen molar-refractivity contribution >= 4 is 5.97 Å². The average molecular weight is 264 g/mol. The van der Waals surface area contributed by atoms with Crippen LogP contribution < -0.4 is 4.90 Å². The summed E-state index contributed by atoms with van der Waals surface area (Å²) in [5.74, 6) is 0.352. The Morgan fingerprint density at radius 3 is 2.79 bits per heavy atom. The minimum atomic E-state index is -0.0427. The van der Waals surface area contributed by atoms with Crippen molar-refractivity contribution in [3.8, 4) is 5.75 Å². The van der Waals surface area contributed by atoms with Gasteiger partial charge in [-0.2, -0.15) is 0 Å². The van der Waals surface area contributed by atoms with Gasteiger partial charge in [0.2, 0.25) is 0 Å². The highest BCUT2D eigenvalue weighted by Crippen LogP contribution is 2.13. The first-order valence-corrected chi connectivity index (χ1v) is 6.97. The molecule has 4 heteroatoms. The van der Waals surface area contributed by atoms with Gasteiger partial charge in [-0.05, 0) is 19.1 Å². The maximum absolute atomic E-state index is 11.6. The van der Waals surface area contributed by atoms with Gasteiger partial charge in [-0.3, -0.25) is 4.79 Å². The third-order valence-corrected chi connectivity index (χ3v) is 3.68. The number of ether oxygens (including phenoxy) is 1. The minimum Gasteiger partial charge on any atom is -0.508 e. The maximum Gasteiger partial charge on any atom is 0.309 e. The van der Waals surface area contributed by atoms with Crippen molar-refractivity contribution in [1.29, 1.82) is 0 Å². The zero-order chi connectivity index (χ0) is 13.7. The number of phenolic OH excluding ortho intramolecular Hbond substituents is 1. The van der Waals surface area contributed by atoms with E-state index in [1.807, 2.05) is 25.1 Å². The fraction of sp³-hybridized carbons (Fsp3) is 0.533. The second-order valence-electron chi connectivity index (χ2n) is 5.12. The smallest absolute Gasteiger partial charge is 0.309 e. The molecule has 0 saturated carbocycles. The third-order valence-electron chi connectivity index (χ3n) is 3.68. The highest BCUT2D eigenvalue weighted by molar-refractivity contribution is 5.72. The average Bonchev–Trinajstić information content (AvgIpc) is 2.40. The number of hydrogen-bond acceptors (Lipinski definition) is 3. The van der Waals surface area contributed by atoms with E-state index >= 15 is 0 Å². The molecule has 4 nitrogen and oxygen atoms in total. The lowest BCUT2D eigenvalue weighted by atomic mass is 9.96. The molecule has 0 bridgehead atoms. The van der Waals surface area contributed by atoms with Crippen LogP contribution in [0.15, 0.2) is 24.3 Å². The Bertz CT molecular complexity index is 425. The summed E-state index contributed by atoms with van der Waals surface area (Å²) in [7, 11) is 0. The van der Waals surface area contributed by atoms with Crippen LogP contribution in [0.25, 0.3) is 0 Å². The molecule has 2 N–H and O–H groups in total. The Morgan fingerprint density at radius 1 is 1.42 bits per heavy atom. The van der Waals surface area contributed by atoms with Gasteiger partial charge < -0.3 is 14.7 Å². The maximum atomic E-state index is 11.6. The van der Waals surface area contributed by atoms with Crippen molar-refractivity contribution in [3.05, 3.63) is 29.8 Å². The molecule has 0 radical (unpaired) electrons. The quantitative estimate of drug-likeness (QED) is 0.789. The molecular formula is C15H22NO3+. The number of carbonyl (C=O) groups is 1. The number of esters is 1. The van der Waals surface area contributed by atoms with E-state index in [2.05, 4.69) is 0 Å². The standard InChI is InChI=1S/C15H21NO3/c1-2-19-15(18)13-6-8-16(9-7-13)11-12-4-3-5-14(17)10-12/h3-5,10,13,17H,2,6-9,11H2,1H3/p+1.